The summed E-state index contributed by atoms with van der Waals surface area (Å²) >= 11 is 0. The Morgan fingerprint density at radius 1 is 0.574 bits per heavy atom. The Balaban J connectivity index is 1.59. The number of pyridine rings is 2. The fourth-order valence-electron chi connectivity index (χ4n) is 5.66. The first kappa shape index (κ1) is 31.7. The minimum absolute atomic E-state index is 0.0732. The number of anilines is 3. The molecule has 6 aromatic rings. The molecule has 2 aromatic heterocycles. The highest BCUT2D eigenvalue weighted by Crippen LogP contribution is 2.40. The first-order chi connectivity index (χ1) is 22.4. The zero-order chi connectivity index (χ0) is 33.3. The van der Waals surface area contributed by atoms with Crippen LogP contribution in [0.5, 0.6) is 5.75 Å². The van der Waals surface area contributed by atoms with E-state index in [1.165, 1.54) is 23.3 Å². The van der Waals surface area contributed by atoms with Gasteiger partial charge in [-0.1, -0.05) is 96.1 Å². The van der Waals surface area contributed by atoms with Crippen molar-refractivity contribution in [3.8, 4) is 39.4 Å². The molecule has 0 unspecified atom stereocenters. The molecule has 236 valence electrons. The zero-order valence-electron chi connectivity index (χ0n) is 27.8. The van der Waals surface area contributed by atoms with Gasteiger partial charge in [-0.3, -0.25) is 4.90 Å². The predicted octanol–water partition coefficient (Wildman–Crippen LogP) is 11.4. The molecule has 4 nitrogen and oxygen atoms in total. The number of para-hydroxylation sites is 2. The van der Waals surface area contributed by atoms with Crippen LogP contribution in [0.4, 0.5) is 21.6 Å². The molecule has 5 heteroatoms. The van der Waals surface area contributed by atoms with Crippen molar-refractivity contribution in [2.45, 2.75) is 52.4 Å². The number of rotatable bonds is 6. The fourth-order valence-corrected chi connectivity index (χ4v) is 5.66. The summed E-state index contributed by atoms with van der Waals surface area (Å²) < 4.78 is 15.7. The zero-order valence-corrected chi connectivity index (χ0v) is 27.8. The molecule has 1 N–H and O–H groups in total. The summed E-state index contributed by atoms with van der Waals surface area (Å²) in [5, 5.41) is 10.9. The molecule has 0 bridgehead atoms. The molecule has 6 rings (SSSR count). The van der Waals surface area contributed by atoms with Gasteiger partial charge in [0.2, 0.25) is 0 Å². The summed E-state index contributed by atoms with van der Waals surface area (Å²) in [5.74, 6) is 0.406. The van der Waals surface area contributed by atoms with Gasteiger partial charge in [0.05, 0.1) is 17.1 Å². The third-order valence-electron chi connectivity index (χ3n) is 8.33. The second-order valence-electron chi connectivity index (χ2n) is 14.0. The van der Waals surface area contributed by atoms with Crippen LogP contribution in [0.1, 0.15) is 52.7 Å². The monoisotopic (exact) mass is 621 g/mol. The summed E-state index contributed by atoms with van der Waals surface area (Å²) in [6.45, 7) is 13.3. The van der Waals surface area contributed by atoms with Crippen molar-refractivity contribution < 1.29 is 9.50 Å². The molecule has 4 aromatic carbocycles. The van der Waals surface area contributed by atoms with Gasteiger partial charge in [-0.25, -0.2) is 14.4 Å². The van der Waals surface area contributed by atoms with E-state index in [0.29, 0.717) is 34.0 Å². The molecule has 0 radical (unpaired) electrons. The largest absolute Gasteiger partial charge is 0.507 e. The molecule has 0 saturated heterocycles. The third kappa shape index (κ3) is 6.95. The minimum Gasteiger partial charge on any atom is -0.507 e. The predicted molar refractivity (Wildman–Crippen MR) is 192 cm³/mol. The van der Waals surface area contributed by atoms with Gasteiger partial charge in [-0.15, -0.1) is 0 Å². The lowest BCUT2D eigenvalue weighted by atomic mass is 9.79. The molecule has 0 fully saturated rings. The number of halogens is 1. The van der Waals surface area contributed by atoms with Crippen LogP contribution in [0.3, 0.4) is 0 Å². The average molecular weight is 622 g/mol. The van der Waals surface area contributed by atoms with Crippen molar-refractivity contribution in [1.29, 1.82) is 0 Å². The first-order valence-corrected chi connectivity index (χ1v) is 15.9. The first-order valence-electron chi connectivity index (χ1n) is 15.9. The number of phenols is 1. The Labute approximate surface area is 277 Å². The third-order valence-corrected chi connectivity index (χ3v) is 8.33. The highest BCUT2D eigenvalue weighted by atomic mass is 19.1. The molecule has 0 atom stereocenters. The van der Waals surface area contributed by atoms with E-state index in [1.54, 1.807) is 18.3 Å². The number of aromatic nitrogens is 2. The van der Waals surface area contributed by atoms with Crippen molar-refractivity contribution in [2.24, 2.45) is 0 Å². The van der Waals surface area contributed by atoms with E-state index in [0.717, 1.165) is 16.8 Å². The van der Waals surface area contributed by atoms with Crippen molar-refractivity contribution in [2.75, 3.05) is 4.90 Å². The van der Waals surface area contributed by atoms with Crippen molar-refractivity contribution in [1.82, 2.24) is 9.97 Å². The maximum absolute atomic E-state index is 15.7. The molecule has 0 saturated carbocycles. The average Bonchev–Trinajstić information content (AvgIpc) is 3.05. The number of hydrogen-bond donors (Lipinski definition) is 1. The van der Waals surface area contributed by atoms with Crippen LogP contribution in [0.15, 0.2) is 128 Å². The summed E-state index contributed by atoms with van der Waals surface area (Å²) in [5.41, 5.74) is 8.16. The van der Waals surface area contributed by atoms with Gasteiger partial charge in [0.25, 0.3) is 0 Å². The fraction of sp³-hybridized carbons (Fsp3) is 0.190. The van der Waals surface area contributed by atoms with E-state index in [9.17, 15) is 5.11 Å². The Morgan fingerprint density at radius 2 is 1.19 bits per heavy atom. The smallest absolute Gasteiger partial charge is 0.137 e. The highest BCUT2D eigenvalue weighted by Gasteiger charge is 2.22. The van der Waals surface area contributed by atoms with E-state index in [2.05, 4.69) is 64.7 Å². The van der Waals surface area contributed by atoms with Gasteiger partial charge in [0.15, 0.2) is 0 Å². The molecule has 47 heavy (non-hydrogen) atoms. The van der Waals surface area contributed by atoms with Crippen LogP contribution >= 0.6 is 0 Å². The van der Waals surface area contributed by atoms with Gasteiger partial charge in [0.1, 0.15) is 17.4 Å². The van der Waals surface area contributed by atoms with Gasteiger partial charge in [0, 0.05) is 23.0 Å². The van der Waals surface area contributed by atoms with E-state index < -0.39 is 5.82 Å². The number of phenolic OH excluding ortho intramolecular Hbond substituents is 1. The second kappa shape index (κ2) is 12.5. The van der Waals surface area contributed by atoms with E-state index in [4.69, 9.17) is 4.98 Å². The van der Waals surface area contributed by atoms with E-state index in [1.807, 2.05) is 83.8 Å². The molecule has 0 spiro atoms. The van der Waals surface area contributed by atoms with Crippen molar-refractivity contribution >= 4 is 17.2 Å². The van der Waals surface area contributed by atoms with Gasteiger partial charge in [-0.2, -0.15) is 0 Å². The van der Waals surface area contributed by atoms with Crippen LogP contribution in [0, 0.1) is 5.82 Å². The van der Waals surface area contributed by atoms with Gasteiger partial charge in [-0.05, 0) is 99.8 Å². The normalized spacial score (nSPS) is 11.8. The van der Waals surface area contributed by atoms with Crippen LogP contribution in [0.25, 0.3) is 33.6 Å². The summed E-state index contributed by atoms with van der Waals surface area (Å²) in [6, 6.07) is 38.4. The van der Waals surface area contributed by atoms with Crippen LogP contribution in [0.2, 0.25) is 0 Å². The summed E-state index contributed by atoms with van der Waals surface area (Å²) in [4.78, 5) is 11.6. The van der Waals surface area contributed by atoms with E-state index >= 15 is 4.39 Å². The minimum atomic E-state index is -0.393. The lowest BCUT2D eigenvalue weighted by Crippen LogP contribution is -2.16. The number of hydrogen-bond acceptors (Lipinski definition) is 4. The molecule has 0 amide bonds. The Kier molecular flexibility index (Phi) is 8.42. The van der Waals surface area contributed by atoms with Crippen LogP contribution in [-0.4, -0.2) is 15.1 Å². The quantitative estimate of drug-likeness (QED) is 0.201. The second-order valence-corrected chi connectivity index (χ2v) is 14.0. The Morgan fingerprint density at radius 3 is 1.83 bits per heavy atom. The molecule has 0 aliphatic heterocycles. The van der Waals surface area contributed by atoms with Crippen LogP contribution < -0.4 is 4.90 Å². The molecule has 0 aliphatic carbocycles. The van der Waals surface area contributed by atoms with Crippen molar-refractivity contribution in [3.05, 3.63) is 144 Å². The van der Waals surface area contributed by atoms with Gasteiger partial charge < -0.3 is 5.11 Å². The SMILES string of the molecule is CC(C)(C)c1cc(-c2cc(-c3cc(F)cc(N(c4ccccc4)c4ccccn4)c3)nc(-c3ccccc3O)c2)cc(C(C)(C)C)c1. The maximum atomic E-state index is 15.7. The molecule has 2 heterocycles. The summed E-state index contributed by atoms with van der Waals surface area (Å²) in [7, 11) is 0. The maximum Gasteiger partial charge on any atom is 0.137 e. The van der Waals surface area contributed by atoms with Gasteiger partial charge >= 0.3 is 0 Å². The molecular weight excluding hydrogens is 581 g/mol. The number of aromatic hydroxyl groups is 1. The standard InChI is InChI=1S/C42H40FN3O/c1-41(2,3)31-20-28(21-32(26-31)42(4,5)6)29-24-37(45-38(25-29)36-16-10-11-17-39(36)47)30-22-33(43)27-35(23-30)46(34-14-8-7-9-15-34)40-18-12-13-19-44-40/h7-27,47H,1-6H3. The summed E-state index contributed by atoms with van der Waals surface area (Å²) in [6.07, 6.45) is 1.73. The Bertz CT molecular complexity index is 1950. The highest BCUT2D eigenvalue weighted by molar-refractivity contribution is 5.82. The number of benzene rings is 4. The van der Waals surface area contributed by atoms with Crippen LogP contribution in [-0.2, 0) is 10.8 Å². The lowest BCUT2D eigenvalue weighted by Gasteiger charge is -2.26. The lowest BCUT2D eigenvalue weighted by molar-refractivity contribution is 0.477. The molecular formula is C42H40FN3O. The van der Waals surface area contributed by atoms with E-state index in [-0.39, 0.29) is 16.6 Å². The Hall–Kier alpha value is -5.29. The van der Waals surface area contributed by atoms with Crippen molar-refractivity contribution in [3.63, 3.8) is 0 Å². The molecule has 0 aliphatic rings. The topological polar surface area (TPSA) is 49.2 Å². The number of nitrogens with zero attached hydrogens (tertiary/aromatic N) is 3.